The predicted octanol–water partition coefficient (Wildman–Crippen LogP) is 12.6. The molecule has 0 N–H and O–H groups in total. The van der Waals surface area contributed by atoms with Gasteiger partial charge in [0.25, 0.3) is 0 Å². The van der Waals surface area contributed by atoms with E-state index in [1.54, 1.807) is 0 Å². The van der Waals surface area contributed by atoms with E-state index in [1.807, 2.05) is 0 Å². The molecule has 0 amide bonds. The number of benzene rings is 4. The summed E-state index contributed by atoms with van der Waals surface area (Å²) in [5.74, 6) is -1.60. The maximum atomic E-state index is 8.61. The SMILES string of the molecule is CCC1=Cc2c(-c3cc(C)ccc3C)cccc2[CH]1[Zr]([Cl])([Cl])([CH]1C(CC)=Cc2c(-c3cc(C)ccc3C)cccc21)[SiH](C)C. The molecule has 6 rings (SSSR count). The second-order valence-electron chi connectivity index (χ2n) is 13.6. The third kappa shape index (κ3) is 4.86. The van der Waals surface area contributed by atoms with Gasteiger partial charge in [0, 0.05) is 0 Å². The summed E-state index contributed by atoms with van der Waals surface area (Å²) < 4.78 is 0.235. The summed E-state index contributed by atoms with van der Waals surface area (Å²) in [5.41, 5.74) is 18.7. The van der Waals surface area contributed by atoms with Gasteiger partial charge in [0.1, 0.15) is 0 Å². The van der Waals surface area contributed by atoms with Crippen molar-refractivity contribution in [1.29, 1.82) is 0 Å². The topological polar surface area (TPSA) is 0 Å². The monoisotopic (exact) mass is 713 g/mol. The Morgan fingerprint density at radius 3 is 1.36 bits per heavy atom. The van der Waals surface area contributed by atoms with Gasteiger partial charge in [-0.2, -0.15) is 0 Å². The van der Waals surface area contributed by atoms with Crippen LogP contribution in [0, 0.1) is 27.7 Å². The molecule has 0 heterocycles. The number of hydrogen-bond acceptors (Lipinski definition) is 0. The summed E-state index contributed by atoms with van der Waals surface area (Å²) in [6.07, 6.45) is 6.87. The van der Waals surface area contributed by atoms with Crippen LogP contribution in [0.15, 0.2) is 83.9 Å². The minimum atomic E-state index is -4.77. The quantitative estimate of drug-likeness (QED) is 0.167. The second-order valence-corrected chi connectivity index (χ2v) is 56.2. The van der Waals surface area contributed by atoms with Crippen LogP contribution in [0.25, 0.3) is 34.4 Å². The second kappa shape index (κ2) is 11.7. The molecule has 0 nitrogen and oxygen atoms in total. The summed E-state index contributed by atoms with van der Waals surface area (Å²) in [6, 6.07) is 27.4. The van der Waals surface area contributed by atoms with Crippen molar-refractivity contribution in [3.05, 3.63) is 128 Å². The van der Waals surface area contributed by atoms with Gasteiger partial charge >= 0.3 is 276 Å². The van der Waals surface area contributed by atoms with E-state index in [-0.39, 0.29) is 7.25 Å². The zero-order chi connectivity index (χ0) is 31.6. The van der Waals surface area contributed by atoms with Gasteiger partial charge in [-0.25, -0.2) is 0 Å². The Morgan fingerprint density at radius 1 is 0.591 bits per heavy atom. The Labute approximate surface area is 274 Å². The molecule has 4 heteroatoms. The molecule has 2 aliphatic rings. The molecule has 0 spiro atoms. The van der Waals surface area contributed by atoms with Crippen LogP contribution in [0.2, 0.25) is 13.1 Å². The van der Waals surface area contributed by atoms with Crippen LogP contribution in [-0.4, -0.2) is 5.92 Å². The Hall–Kier alpha value is -1.96. The van der Waals surface area contributed by atoms with E-state index in [9.17, 15) is 0 Å². The molecule has 0 fully saturated rings. The molecule has 0 saturated heterocycles. The molecule has 0 bridgehead atoms. The molecule has 2 atom stereocenters. The third-order valence-corrected chi connectivity index (χ3v) is 62.5. The van der Waals surface area contributed by atoms with Gasteiger partial charge in [-0.05, 0) is 0 Å². The van der Waals surface area contributed by atoms with Crippen LogP contribution < -0.4 is 0 Å². The van der Waals surface area contributed by atoms with E-state index in [4.69, 9.17) is 17.0 Å². The van der Waals surface area contributed by atoms with Crippen molar-refractivity contribution in [1.82, 2.24) is 0 Å². The van der Waals surface area contributed by atoms with Gasteiger partial charge in [0.2, 0.25) is 0 Å². The van der Waals surface area contributed by atoms with Crippen LogP contribution in [0.4, 0.5) is 0 Å². The fraction of sp³-hybridized carbons (Fsp3) is 0.300. The molecule has 0 radical (unpaired) electrons. The summed E-state index contributed by atoms with van der Waals surface area (Å²) in [7, 11) is 17.2. The third-order valence-electron chi connectivity index (χ3n) is 10.7. The van der Waals surface area contributed by atoms with Crippen LogP contribution in [0.1, 0.15) is 78.4 Å². The van der Waals surface area contributed by atoms with Gasteiger partial charge in [-0.1, -0.05) is 0 Å². The van der Waals surface area contributed by atoms with Gasteiger partial charge in [0.15, 0.2) is 0 Å². The van der Waals surface area contributed by atoms with Gasteiger partial charge in [-0.15, -0.1) is 0 Å². The van der Waals surface area contributed by atoms with E-state index in [0.717, 1.165) is 12.8 Å². The molecule has 2 unspecified atom stereocenters. The minimum absolute atomic E-state index is 0.117. The van der Waals surface area contributed by atoms with Crippen LogP contribution in [0.5, 0.6) is 0 Å². The molecule has 0 aromatic heterocycles. The Bertz CT molecular complexity index is 1730. The number of hydrogen-bond donors (Lipinski definition) is 0. The standard InChI is InChI=1S/2C19H19.C2H7Si.2ClH.Zr/c2*1-4-15-11-16-6-5-7-17(19(16)12-15)18-10-13(2)8-9-14(18)3;1-3-2;;;/h2*5-12H,4H2,1-3H3;3H,1-2H3;2*1H;/q;;;;;+2/p-2. The van der Waals surface area contributed by atoms with Gasteiger partial charge in [-0.3, -0.25) is 0 Å². The molecular weight excluding hydrogens is 671 g/mol. The van der Waals surface area contributed by atoms with E-state index < -0.39 is 21.5 Å². The molecular formula is C40H45Cl2SiZr. The van der Waals surface area contributed by atoms with Crippen molar-refractivity contribution >= 4 is 35.1 Å². The average molecular weight is 716 g/mol. The normalized spacial score (nSPS) is 18.5. The molecule has 4 aromatic rings. The fourth-order valence-corrected chi connectivity index (χ4v) is 40.0. The van der Waals surface area contributed by atoms with Crippen molar-refractivity contribution in [3.63, 3.8) is 0 Å². The summed E-state index contributed by atoms with van der Waals surface area (Å²) in [5, 5.41) is 0. The predicted molar refractivity (Wildman–Crippen MR) is 195 cm³/mol. The summed E-state index contributed by atoms with van der Waals surface area (Å²) in [6.45, 7) is 18.3. The van der Waals surface area contributed by atoms with E-state index in [0.29, 0.717) is 0 Å². The molecule has 44 heavy (non-hydrogen) atoms. The zero-order valence-electron chi connectivity index (χ0n) is 27.5. The van der Waals surface area contributed by atoms with Crippen LogP contribution in [0.3, 0.4) is 0 Å². The molecule has 227 valence electrons. The van der Waals surface area contributed by atoms with Crippen LogP contribution in [-0.2, 0) is 15.6 Å². The van der Waals surface area contributed by atoms with Crippen molar-refractivity contribution in [3.8, 4) is 22.3 Å². The van der Waals surface area contributed by atoms with E-state index in [1.165, 1.54) is 77.9 Å². The van der Waals surface area contributed by atoms with E-state index >= 15 is 0 Å². The number of allylic oxidation sites excluding steroid dienone is 2. The number of aryl methyl sites for hydroxylation is 4. The Kier molecular flexibility index (Phi) is 8.50. The number of rotatable bonds is 7. The van der Waals surface area contributed by atoms with Crippen molar-refractivity contribution in [2.45, 2.75) is 74.7 Å². The van der Waals surface area contributed by atoms with Gasteiger partial charge in [0.05, 0.1) is 0 Å². The first-order valence-corrected chi connectivity index (χ1v) is 32.6. The first-order chi connectivity index (χ1) is 20.9. The Balaban J connectivity index is 1.60. The number of fused-ring (bicyclic) bond motifs is 2. The molecule has 2 aliphatic carbocycles. The molecule has 0 aliphatic heterocycles. The van der Waals surface area contributed by atoms with Gasteiger partial charge < -0.3 is 0 Å². The average Bonchev–Trinajstić information content (AvgIpc) is 3.59. The Morgan fingerprint density at radius 2 is 1.00 bits per heavy atom. The zero-order valence-corrected chi connectivity index (χ0v) is 32.6. The number of halogens is 2. The van der Waals surface area contributed by atoms with Crippen molar-refractivity contribution < 1.29 is 15.6 Å². The summed E-state index contributed by atoms with van der Waals surface area (Å²) in [4.78, 5) is 0. The van der Waals surface area contributed by atoms with Crippen molar-refractivity contribution in [2.24, 2.45) is 0 Å². The van der Waals surface area contributed by atoms with Crippen molar-refractivity contribution in [2.75, 3.05) is 0 Å². The molecule has 0 saturated carbocycles. The first-order valence-electron chi connectivity index (χ1n) is 16.3. The molecule has 4 aromatic carbocycles. The maximum absolute atomic E-state index is 8.61. The van der Waals surface area contributed by atoms with Crippen LogP contribution >= 0.6 is 17.0 Å². The first kappa shape index (κ1) is 32.0. The summed E-state index contributed by atoms with van der Waals surface area (Å²) >= 11 is -4.77. The van der Waals surface area contributed by atoms with E-state index in [2.05, 4.69) is 140 Å². The fourth-order valence-electron chi connectivity index (χ4n) is 8.20.